The molecule has 0 heterocycles. The Hall–Kier alpha value is -1.63. The molecule has 7 heteroatoms. The molecule has 0 aliphatic rings. The van der Waals surface area contributed by atoms with E-state index in [0.717, 1.165) is 44.9 Å². The fourth-order valence-corrected chi connectivity index (χ4v) is 4.89. The van der Waals surface area contributed by atoms with Gasteiger partial charge >= 0.3 is 0 Å². The molecule has 2 N–H and O–H groups in total. The number of rotatable bonds is 18. The lowest BCUT2D eigenvalue weighted by Crippen LogP contribution is -2.30. The molecule has 0 fully saturated rings. The number of unbranched alkanes of at least 4 members (excludes halogenated alkanes) is 8. The molecule has 5 nitrogen and oxygen atoms in total. The molecule has 1 aromatic carbocycles. The van der Waals surface area contributed by atoms with Crippen LogP contribution >= 0.6 is 11.6 Å². The lowest BCUT2D eigenvalue weighted by atomic mass is 10.1. The largest absolute Gasteiger partial charge is 0.389 e. The van der Waals surface area contributed by atoms with Crippen molar-refractivity contribution in [2.45, 2.75) is 101 Å². The number of carbonyl (C=O) groups is 1. The molecular formula is C26H40ClNO4S. The first-order chi connectivity index (χ1) is 15.9. The van der Waals surface area contributed by atoms with E-state index in [1.807, 2.05) is 6.08 Å². The van der Waals surface area contributed by atoms with E-state index in [1.165, 1.54) is 37.8 Å². The van der Waals surface area contributed by atoms with Gasteiger partial charge in [0.1, 0.15) is 4.90 Å². The van der Waals surface area contributed by atoms with Gasteiger partial charge in [-0.1, -0.05) is 87.1 Å². The number of benzene rings is 1. The predicted octanol–water partition coefficient (Wildman–Crippen LogP) is 6.71. The molecule has 0 unspecified atom stereocenters. The average Bonchev–Trinajstić information content (AvgIpc) is 2.77. The quantitative estimate of drug-likeness (QED) is 0.174. The number of carbonyl (C=O) groups excluding carboxylic acids is 1. The van der Waals surface area contributed by atoms with Gasteiger partial charge < -0.3 is 5.11 Å². The molecule has 0 saturated carbocycles. The molecular weight excluding hydrogens is 458 g/mol. The number of halogens is 1. The molecule has 1 amide bonds. The van der Waals surface area contributed by atoms with Gasteiger partial charge in [-0.15, -0.1) is 0 Å². The van der Waals surface area contributed by atoms with Gasteiger partial charge in [0.25, 0.3) is 10.0 Å². The van der Waals surface area contributed by atoms with Crippen molar-refractivity contribution in [3.63, 3.8) is 0 Å². The minimum absolute atomic E-state index is 0.0856. The van der Waals surface area contributed by atoms with Crippen LogP contribution in [-0.2, 0) is 14.8 Å². The number of hydrogen-bond donors (Lipinski definition) is 2. The second-order valence-electron chi connectivity index (χ2n) is 8.31. The van der Waals surface area contributed by atoms with Crippen LogP contribution < -0.4 is 4.72 Å². The third-order valence-corrected chi connectivity index (χ3v) is 7.14. The number of aliphatic hydroxyl groups excluding tert-OH is 1. The SMILES string of the molecule is CCCC[C@@H](O)/C=C\CCCCCCC/C=C\CCCC(=O)NS(=O)(=O)c1ccccc1Cl. The van der Waals surface area contributed by atoms with Crippen LogP contribution in [0.2, 0.25) is 5.02 Å². The molecule has 1 atom stereocenters. The van der Waals surface area contributed by atoms with Gasteiger partial charge in [-0.3, -0.25) is 4.79 Å². The molecule has 0 saturated heterocycles. The highest BCUT2D eigenvalue weighted by molar-refractivity contribution is 7.90. The van der Waals surface area contributed by atoms with Crippen LogP contribution in [0.25, 0.3) is 0 Å². The topological polar surface area (TPSA) is 83.5 Å². The van der Waals surface area contributed by atoms with E-state index in [-0.39, 0.29) is 22.4 Å². The van der Waals surface area contributed by atoms with Crippen LogP contribution in [0.4, 0.5) is 0 Å². The Labute approximate surface area is 205 Å². The molecule has 186 valence electrons. The van der Waals surface area contributed by atoms with Crippen LogP contribution in [-0.4, -0.2) is 25.5 Å². The van der Waals surface area contributed by atoms with Crippen LogP contribution in [0.1, 0.15) is 90.4 Å². The molecule has 0 spiro atoms. The second-order valence-corrected chi connectivity index (χ2v) is 10.4. The maximum atomic E-state index is 12.2. The molecule has 0 aliphatic heterocycles. The van der Waals surface area contributed by atoms with Crippen LogP contribution in [0.15, 0.2) is 53.5 Å². The smallest absolute Gasteiger partial charge is 0.265 e. The van der Waals surface area contributed by atoms with E-state index in [9.17, 15) is 18.3 Å². The van der Waals surface area contributed by atoms with Gasteiger partial charge in [0, 0.05) is 6.42 Å². The highest BCUT2D eigenvalue weighted by Gasteiger charge is 2.19. The zero-order valence-corrected chi connectivity index (χ0v) is 21.4. The van der Waals surface area contributed by atoms with Crippen molar-refractivity contribution in [1.29, 1.82) is 0 Å². The molecule has 1 rings (SSSR count). The Balaban J connectivity index is 2.02. The van der Waals surface area contributed by atoms with Crippen molar-refractivity contribution in [2.24, 2.45) is 0 Å². The number of nitrogens with one attached hydrogen (secondary N) is 1. The summed E-state index contributed by atoms with van der Waals surface area (Å²) in [5.41, 5.74) is 0. The average molecular weight is 498 g/mol. The van der Waals surface area contributed by atoms with Crippen molar-refractivity contribution in [1.82, 2.24) is 4.72 Å². The summed E-state index contributed by atoms with van der Waals surface area (Å²) < 4.78 is 26.5. The van der Waals surface area contributed by atoms with Crippen molar-refractivity contribution >= 4 is 27.5 Å². The van der Waals surface area contributed by atoms with E-state index >= 15 is 0 Å². The monoisotopic (exact) mass is 497 g/mol. The lowest BCUT2D eigenvalue weighted by Gasteiger charge is -2.07. The predicted molar refractivity (Wildman–Crippen MR) is 137 cm³/mol. The Kier molecular flexibility index (Phi) is 15.9. The Bertz CT molecular complexity index is 836. The van der Waals surface area contributed by atoms with Gasteiger partial charge in [-0.25, -0.2) is 13.1 Å². The van der Waals surface area contributed by atoms with Crippen LogP contribution in [0, 0.1) is 0 Å². The molecule has 33 heavy (non-hydrogen) atoms. The van der Waals surface area contributed by atoms with E-state index in [2.05, 4.69) is 29.9 Å². The van der Waals surface area contributed by atoms with Crippen molar-refractivity contribution < 1.29 is 18.3 Å². The highest BCUT2D eigenvalue weighted by atomic mass is 35.5. The number of sulfonamides is 1. The number of allylic oxidation sites excluding steroid dienone is 3. The van der Waals surface area contributed by atoms with E-state index in [4.69, 9.17) is 11.6 Å². The van der Waals surface area contributed by atoms with Gasteiger partial charge in [0.15, 0.2) is 0 Å². The van der Waals surface area contributed by atoms with Gasteiger partial charge in [-0.2, -0.15) is 0 Å². The van der Waals surface area contributed by atoms with Crippen LogP contribution in [0.3, 0.4) is 0 Å². The minimum atomic E-state index is -3.93. The third kappa shape index (κ3) is 14.3. The number of hydrogen-bond acceptors (Lipinski definition) is 4. The summed E-state index contributed by atoms with van der Waals surface area (Å²) in [7, 11) is -3.93. The lowest BCUT2D eigenvalue weighted by molar-refractivity contribution is -0.119. The highest BCUT2D eigenvalue weighted by Crippen LogP contribution is 2.20. The van der Waals surface area contributed by atoms with E-state index in [0.29, 0.717) is 6.42 Å². The second kappa shape index (κ2) is 17.8. The molecule has 1 aromatic rings. The molecule has 0 aromatic heterocycles. The summed E-state index contributed by atoms with van der Waals surface area (Å²) in [6.07, 6.45) is 20.5. The summed E-state index contributed by atoms with van der Waals surface area (Å²) in [5, 5.41) is 9.83. The summed E-state index contributed by atoms with van der Waals surface area (Å²) >= 11 is 5.90. The van der Waals surface area contributed by atoms with Crippen molar-refractivity contribution in [3.8, 4) is 0 Å². The van der Waals surface area contributed by atoms with Gasteiger partial charge in [-0.05, 0) is 57.1 Å². The fraction of sp³-hybridized carbons (Fsp3) is 0.577. The standard InChI is InChI=1S/C26H40ClNO4S/c1-2-3-18-23(29)19-14-12-10-8-6-4-5-7-9-11-13-15-22-26(30)28-33(31,32)25-21-17-16-20-24(25)27/h9,11,14,16-17,19-21,23,29H,2-8,10,12-13,15,18,22H2,1H3,(H,28,30)/b11-9-,19-14-/t23-/m1/s1. The first-order valence-corrected chi connectivity index (χ1v) is 14.0. The van der Waals surface area contributed by atoms with Crippen LogP contribution in [0.5, 0.6) is 0 Å². The zero-order chi connectivity index (χ0) is 24.4. The number of amides is 1. The molecule has 0 bridgehead atoms. The zero-order valence-electron chi connectivity index (χ0n) is 19.8. The molecule has 0 radical (unpaired) electrons. The Morgan fingerprint density at radius 2 is 1.58 bits per heavy atom. The fourth-order valence-electron chi connectivity index (χ4n) is 3.35. The molecule has 0 aliphatic carbocycles. The minimum Gasteiger partial charge on any atom is -0.389 e. The number of aliphatic hydroxyl groups is 1. The van der Waals surface area contributed by atoms with Gasteiger partial charge in [0.2, 0.25) is 5.91 Å². The first-order valence-electron chi connectivity index (χ1n) is 12.2. The Morgan fingerprint density at radius 1 is 0.970 bits per heavy atom. The summed E-state index contributed by atoms with van der Waals surface area (Å²) in [5.74, 6) is -0.520. The van der Waals surface area contributed by atoms with E-state index < -0.39 is 15.9 Å². The van der Waals surface area contributed by atoms with Crippen molar-refractivity contribution in [3.05, 3.63) is 53.6 Å². The summed E-state index contributed by atoms with van der Waals surface area (Å²) in [6, 6.07) is 6.05. The maximum absolute atomic E-state index is 12.2. The third-order valence-electron chi connectivity index (χ3n) is 5.27. The summed E-state index contributed by atoms with van der Waals surface area (Å²) in [4.78, 5) is 11.9. The Morgan fingerprint density at radius 3 is 2.24 bits per heavy atom. The van der Waals surface area contributed by atoms with E-state index in [1.54, 1.807) is 12.1 Å². The first kappa shape index (κ1) is 29.4. The maximum Gasteiger partial charge on any atom is 0.265 e. The van der Waals surface area contributed by atoms with Crippen molar-refractivity contribution in [2.75, 3.05) is 0 Å². The normalized spacial score (nSPS) is 13.1. The summed E-state index contributed by atoms with van der Waals surface area (Å²) in [6.45, 7) is 2.13. The van der Waals surface area contributed by atoms with Gasteiger partial charge in [0.05, 0.1) is 11.1 Å².